The Bertz CT molecular complexity index is 548. The van der Waals surface area contributed by atoms with Gasteiger partial charge in [-0.05, 0) is 34.7 Å². The van der Waals surface area contributed by atoms with E-state index in [1.54, 1.807) is 28.7 Å². The maximum Gasteiger partial charge on any atom is 0.207 e. The Morgan fingerprint density at radius 1 is 1.50 bits per heavy atom. The molecule has 0 aliphatic rings. The summed E-state index contributed by atoms with van der Waals surface area (Å²) in [7, 11) is -3.51. The van der Waals surface area contributed by atoms with Gasteiger partial charge in [0.1, 0.15) is 6.10 Å². The van der Waals surface area contributed by atoms with Crippen molar-refractivity contribution in [3.8, 4) is 0 Å². The van der Waals surface area contributed by atoms with Crippen LogP contribution in [0.15, 0.2) is 18.2 Å². The Morgan fingerprint density at radius 2 is 2.06 bits per heavy atom. The smallest absolute Gasteiger partial charge is 0.207 e. The molecule has 0 fully saturated rings. The lowest BCUT2D eigenvalue weighted by atomic mass is 10.1. The van der Waals surface area contributed by atoms with Gasteiger partial charge in [0.25, 0.3) is 0 Å². The molecule has 0 amide bonds. The lowest BCUT2D eigenvalue weighted by Gasteiger charge is -2.27. The summed E-state index contributed by atoms with van der Waals surface area (Å²) in [5.74, 6) is -0.0938. The minimum absolute atomic E-state index is 0.0938. The fourth-order valence-corrected chi connectivity index (χ4v) is 4.83. The van der Waals surface area contributed by atoms with Gasteiger partial charge in [0.2, 0.25) is 1.66 Å². The van der Waals surface area contributed by atoms with Gasteiger partial charge >= 0.3 is 0 Å². The molecule has 0 aromatic heterocycles. The molecule has 8 heteroatoms. The molecule has 0 radical (unpaired) electrons. The molecule has 1 aromatic rings. The highest BCUT2D eigenvalue weighted by molar-refractivity contribution is 14.1. The predicted molar refractivity (Wildman–Crippen MR) is 86.6 cm³/mol. The maximum atomic E-state index is 11.9. The Hall–Kier alpha value is 0.920. The molecule has 0 heterocycles. The zero-order chi connectivity index (χ0) is 14.1. The molecule has 1 rings (SSSR count). The average molecular weight is 488 g/mol. The summed E-state index contributed by atoms with van der Waals surface area (Å²) in [5, 5.41) is 10.9. The van der Waals surface area contributed by atoms with Crippen LogP contribution in [0.5, 0.6) is 0 Å². The van der Waals surface area contributed by atoms with Crippen molar-refractivity contribution in [2.75, 3.05) is 5.75 Å². The lowest BCUT2D eigenvalue weighted by molar-refractivity contribution is 0.191. The highest BCUT2D eigenvalue weighted by Gasteiger charge is 2.45. The Balaban J connectivity index is 3.26. The van der Waals surface area contributed by atoms with Gasteiger partial charge in [-0.2, -0.15) is 0 Å². The first kappa shape index (κ1) is 17.0. The number of rotatable bonds is 4. The van der Waals surface area contributed by atoms with Crippen molar-refractivity contribution < 1.29 is 13.5 Å². The topological polar surface area (TPSA) is 54.4 Å². The van der Waals surface area contributed by atoms with E-state index >= 15 is 0 Å². The fourth-order valence-electron chi connectivity index (χ4n) is 1.27. The monoisotopic (exact) mass is 486 g/mol. The molecule has 3 nitrogen and oxygen atoms in total. The second-order valence-corrected chi connectivity index (χ2v) is 12.5. The van der Waals surface area contributed by atoms with Crippen LogP contribution in [0.25, 0.3) is 0 Å². The summed E-state index contributed by atoms with van der Waals surface area (Å²) in [6.07, 6.45) is -1.30. The van der Waals surface area contributed by atoms with Gasteiger partial charge in [-0.1, -0.05) is 52.1 Å². The summed E-state index contributed by atoms with van der Waals surface area (Å²) in [4.78, 5) is 0. The van der Waals surface area contributed by atoms with Gasteiger partial charge in [0.05, 0.1) is 0 Å². The van der Waals surface area contributed by atoms with E-state index < -0.39 is 17.6 Å². The highest BCUT2D eigenvalue weighted by Crippen LogP contribution is 2.46. The molecular weight excluding hydrogens is 478 g/mol. The quantitative estimate of drug-likeness (QED) is 0.517. The number of aliphatic hydroxyl groups is 1. The van der Waals surface area contributed by atoms with Crippen molar-refractivity contribution in [1.82, 2.24) is 0 Å². The summed E-state index contributed by atoms with van der Waals surface area (Å²) < 4.78 is 22.3. The van der Waals surface area contributed by atoms with Crippen molar-refractivity contribution in [1.29, 1.82) is 0 Å². The normalized spacial score (nSPS) is 17.2. The van der Waals surface area contributed by atoms with E-state index in [0.717, 1.165) is 0 Å². The third kappa shape index (κ3) is 3.32. The third-order valence-electron chi connectivity index (χ3n) is 2.37. The van der Waals surface area contributed by atoms with Crippen molar-refractivity contribution in [3.05, 3.63) is 33.8 Å². The van der Waals surface area contributed by atoms with E-state index in [1.165, 1.54) is 19.1 Å². The molecule has 1 aromatic carbocycles. The number of sulfone groups is 1. The van der Waals surface area contributed by atoms with Gasteiger partial charge in [-0.25, -0.2) is 8.42 Å². The minimum atomic E-state index is -3.51. The van der Waals surface area contributed by atoms with E-state index in [-0.39, 0.29) is 10.8 Å². The second kappa shape index (κ2) is 6.13. The van der Waals surface area contributed by atoms with Crippen molar-refractivity contribution in [2.24, 2.45) is 0 Å². The number of aliphatic hydroxyl groups excluding tert-OH is 1. The molecule has 1 N–H and O–H groups in total. The number of hydrogen-bond donors (Lipinski definition) is 1. The molecule has 0 aliphatic heterocycles. The van der Waals surface area contributed by atoms with Gasteiger partial charge in [0, 0.05) is 21.4 Å². The van der Waals surface area contributed by atoms with Gasteiger partial charge < -0.3 is 5.11 Å². The highest BCUT2D eigenvalue weighted by atomic mass is 127. The van der Waals surface area contributed by atoms with E-state index in [2.05, 4.69) is 15.9 Å². The van der Waals surface area contributed by atoms with Crippen LogP contribution >= 0.6 is 61.7 Å². The molecule has 0 unspecified atom stereocenters. The largest absolute Gasteiger partial charge is 0.385 e. The molecule has 0 saturated heterocycles. The number of halogens is 4. The zero-order valence-corrected chi connectivity index (χ0v) is 15.3. The molecule has 0 spiro atoms. The van der Waals surface area contributed by atoms with E-state index in [9.17, 15) is 13.5 Å². The standard InChI is InChI=1S/C10H10BrCl2IO3S/c1-2-18(16,17)10(11,14)9(15)7-4-3-6(12)5-8(7)13/h3-5,9,15H,2H2,1H3/t9-,10-/m1/s1. The molecule has 18 heavy (non-hydrogen) atoms. The van der Waals surface area contributed by atoms with Crippen molar-refractivity contribution in [3.63, 3.8) is 0 Å². The van der Waals surface area contributed by atoms with Crippen LogP contribution in [0, 0.1) is 0 Å². The summed E-state index contributed by atoms with van der Waals surface area (Å²) >= 11 is 16.5. The van der Waals surface area contributed by atoms with Crippen LogP contribution < -0.4 is 0 Å². The van der Waals surface area contributed by atoms with E-state index in [1.807, 2.05) is 0 Å². The van der Waals surface area contributed by atoms with Crippen molar-refractivity contribution >= 4 is 71.6 Å². The number of hydrogen-bond acceptors (Lipinski definition) is 3. The maximum absolute atomic E-state index is 11.9. The van der Waals surface area contributed by atoms with Gasteiger partial charge in [0.15, 0.2) is 9.84 Å². The molecule has 0 bridgehead atoms. The summed E-state index contributed by atoms with van der Waals surface area (Å²) in [6.45, 7) is 1.51. The number of benzene rings is 1. The second-order valence-electron chi connectivity index (χ2n) is 3.53. The van der Waals surface area contributed by atoms with Crippen LogP contribution in [0.2, 0.25) is 10.0 Å². The lowest BCUT2D eigenvalue weighted by Crippen LogP contribution is -2.33. The number of alkyl halides is 2. The van der Waals surface area contributed by atoms with E-state index in [0.29, 0.717) is 10.6 Å². The van der Waals surface area contributed by atoms with Crippen molar-refractivity contribution in [2.45, 2.75) is 14.7 Å². The first-order valence-electron chi connectivity index (χ1n) is 4.86. The molecule has 2 atom stereocenters. The summed E-state index contributed by atoms with van der Waals surface area (Å²) in [5.41, 5.74) is 0.310. The van der Waals surface area contributed by atoms with Crippen LogP contribution in [-0.4, -0.2) is 20.9 Å². The zero-order valence-electron chi connectivity index (χ0n) is 9.20. The van der Waals surface area contributed by atoms with E-state index in [4.69, 9.17) is 23.2 Å². The Kier molecular flexibility index (Phi) is 5.78. The van der Waals surface area contributed by atoms with Gasteiger partial charge in [-0.15, -0.1) is 0 Å². The van der Waals surface area contributed by atoms with Gasteiger partial charge in [-0.3, -0.25) is 0 Å². The molecule has 0 aliphatic carbocycles. The third-order valence-corrected chi connectivity index (χ3v) is 9.26. The summed E-state index contributed by atoms with van der Waals surface area (Å²) in [6, 6.07) is 4.51. The van der Waals surface area contributed by atoms with Crippen LogP contribution in [0.1, 0.15) is 18.6 Å². The SMILES string of the molecule is CCS(=O)(=O)[C@](Br)(I)[C@H](O)c1ccc(Cl)cc1Cl. The molecular formula is C10H10BrCl2IO3S. The van der Waals surface area contributed by atoms with Crippen LogP contribution in [0.4, 0.5) is 0 Å². The molecule has 0 saturated carbocycles. The fraction of sp³-hybridized carbons (Fsp3) is 0.400. The Labute approximate surface area is 138 Å². The van der Waals surface area contributed by atoms with Crippen LogP contribution in [0.3, 0.4) is 0 Å². The van der Waals surface area contributed by atoms with Crippen LogP contribution in [-0.2, 0) is 9.84 Å². The average Bonchev–Trinajstić information content (AvgIpc) is 2.28. The first-order valence-corrected chi connectivity index (χ1v) is 9.14. The predicted octanol–water partition coefficient (Wildman–Crippen LogP) is 3.95. The Morgan fingerprint density at radius 3 is 2.50 bits per heavy atom. The first-order chi connectivity index (χ1) is 8.13. The molecule has 102 valence electrons. The minimum Gasteiger partial charge on any atom is -0.385 e.